The van der Waals surface area contributed by atoms with Gasteiger partial charge in [0.05, 0.1) is 0 Å². The van der Waals surface area contributed by atoms with Crippen molar-refractivity contribution in [2.45, 2.75) is 13.5 Å². The van der Waals surface area contributed by atoms with Crippen molar-refractivity contribution in [2.75, 3.05) is 0 Å². The molecule has 0 amide bonds. The number of pyridine rings is 1. The van der Waals surface area contributed by atoms with Crippen LogP contribution >= 0.6 is 0 Å². The normalized spacial score (nSPS) is 10.8. The van der Waals surface area contributed by atoms with Gasteiger partial charge < -0.3 is 5.73 Å². The molecule has 94 valence electrons. The molecular formula is C17H16N2. The Morgan fingerprint density at radius 1 is 1.05 bits per heavy atom. The summed E-state index contributed by atoms with van der Waals surface area (Å²) in [6.07, 6.45) is 3.76. The summed E-state index contributed by atoms with van der Waals surface area (Å²) >= 11 is 0. The fourth-order valence-corrected chi connectivity index (χ4v) is 2.43. The van der Waals surface area contributed by atoms with Crippen LogP contribution in [0.1, 0.15) is 11.1 Å². The highest BCUT2D eigenvalue weighted by Crippen LogP contribution is 2.30. The molecule has 2 aromatic carbocycles. The molecule has 2 heteroatoms. The molecule has 0 fully saturated rings. The Kier molecular flexibility index (Phi) is 3.02. The molecule has 0 saturated carbocycles. The summed E-state index contributed by atoms with van der Waals surface area (Å²) in [5.41, 5.74) is 10.6. The van der Waals surface area contributed by atoms with Crippen molar-refractivity contribution in [2.24, 2.45) is 5.73 Å². The predicted molar refractivity (Wildman–Crippen MR) is 79.8 cm³/mol. The van der Waals surface area contributed by atoms with E-state index in [2.05, 4.69) is 48.3 Å². The standard InChI is InChI=1S/C17H16N2/c1-12-5-6-13(10-18)9-16(12)15-4-2-3-14-7-8-19-11-17(14)15/h2-9,11H,10,18H2,1H3. The molecule has 0 aliphatic rings. The van der Waals surface area contributed by atoms with E-state index in [9.17, 15) is 0 Å². The average molecular weight is 248 g/mol. The van der Waals surface area contributed by atoms with E-state index < -0.39 is 0 Å². The first-order valence-electron chi connectivity index (χ1n) is 6.42. The summed E-state index contributed by atoms with van der Waals surface area (Å²) < 4.78 is 0. The highest BCUT2D eigenvalue weighted by atomic mass is 14.6. The summed E-state index contributed by atoms with van der Waals surface area (Å²) in [6, 6.07) is 14.8. The number of fused-ring (bicyclic) bond motifs is 1. The maximum atomic E-state index is 5.75. The zero-order valence-corrected chi connectivity index (χ0v) is 10.9. The number of hydrogen-bond donors (Lipinski definition) is 1. The Hall–Kier alpha value is -2.19. The van der Waals surface area contributed by atoms with Gasteiger partial charge in [-0.15, -0.1) is 0 Å². The molecule has 0 aliphatic carbocycles. The Morgan fingerprint density at radius 3 is 2.79 bits per heavy atom. The number of nitrogens with two attached hydrogens (primary N) is 1. The molecule has 0 unspecified atom stereocenters. The van der Waals surface area contributed by atoms with E-state index >= 15 is 0 Å². The van der Waals surface area contributed by atoms with E-state index in [1.807, 2.05) is 18.5 Å². The van der Waals surface area contributed by atoms with E-state index in [1.54, 1.807) is 0 Å². The van der Waals surface area contributed by atoms with Crippen LogP contribution in [-0.2, 0) is 6.54 Å². The second kappa shape index (κ2) is 4.82. The summed E-state index contributed by atoms with van der Waals surface area (Å²) in [6.45, 7) is 2.70. The van der Waals surface area contributed by atoms with Gasteiger partial charge in [-0.2, -0.15) is 0 Å². The van der Waals surface area contributed by atoms with Crippen LogP contribution in [0.3, 0.4) is 0 Å². The van der Waals surface area contributed by atoms with Crippen LogP contribution in [0.5, 0.6) is 0 Å². The molecule has 0 bridgehead atoms. The zero-order valence-electron chi connectivity index (χ0n) is 10.9. The van der Waals surface area contributed by atoms with Gasteiger partial charge in [-0.3, -0.25) is 4.98 Å². The minimum atomic E-state index is 0.566. The smallest absolute Gasteiger partial charge is 0.0352 e. The first kappa shape index (κ1) is 11.9. The quantitative estimate of drug-likeness (QED) is 0.751. The lowest BCUT2D eigenvalue weighted by Gasteiger charge is -2.11. The van der Waals surface area contributed by atoms with Gasteiger partial charge in [-0.25, -0.2) is 0 Å². The summed E-state index contributed by atoms with van der Waals surface area (Å²) in [5.74, 6) is 0. The van der Waals surface area contributed by atoms with E-state index in [1.165, 1.54) is 27.5 Å². The minimum Gasteiger partial charge on any atom is -0.326 e. The topological polar surface area (TPSA) is 38.9 Å². The fraction of sp³-hybridized carbons (Fsp3) is 0.118. The number of hydrogen-bond acceptors (Lipinski definition) is 2. The number of aromatic nitrogens is 1. The third kappa shape index (κ3) is 2.11. The van der Waals surface area contributed by atoms with Crippen molar-refractivity contribution < 1.29 is 0 Å². The average Bonchev–Trinajstić information content (AvgIpc) is 2.47. The van der Waals surface area contributed by atoms with Crippen LogP contribution in [0.4, 0.5) is 0 Å². The molecule has 0 aliphatic heterocycles. The lowest BCUT2D eigenvalue weighted by atomic mass is 9.94. The molecule has 0 radical (unpaired) electrons. The van der Waals surface area contributed by atoms with E-state index in [0.717, 1.165) is 5.56 Å². The van der Waals surface area contributed by atoms with Gasteiger partial charge in [0.2, 0.25) is 0 Å². The van der Waals surface area contributed by atoms with Crippen LogP contribution in [0.2, 0.25) is 0 Å². The summed E-state index contributed by atoms with van der Waals surface area (Å²) in [5, 5.41) is 2.40. The Bertz CT molecular complexity index is 727. The first-order chi connectivity index (χ1) is 9.29. The monoisotopic (exact) mass is 248 g/mol. The van der Waals surface area contributed by atoms with Crippen molar-refractivity contribution in [3.8, 4) is 11.1 Å². The lowest BCUT2D eigenvalue weighted by molar-refractivity contribution is 1.07. The van der Waals surface area contributed by atoms with Crippen molar-refractivity contribution in [1.29, 1.82) is 0 Å². The number of nitrogens with zero attached hydrogens (tertiary/aromatic N) is 1. The third-order valence-corrected chi connectivity index (χ3v) is 3.51. The Labute approximate surface area is 112 Å². The second-order valence-corrected chi connectivity index (χ2v) is 4.76. The maximum Gasteiger partial charge on any atom is 0.0352 e. The van der Waals surface area contributed by atoms with Crippen molar-refractivity contribution in [3.63, 3.8) is 0 Å². The van der Waals surface area contributed by atoms with Crippen LogP contribution in [0.25, 0.3) is 21.9 Å². The molecule has 0 saturated heterocycles. The largest absolute Gasteiger partial charge is 0.326 e. The molecule has 1 heterocycles. The minimum absolute atomic E-state index is 0.566. The first-order valence-corrected chi connectivity index (χ1v) is 6.42. The van der Waals surface area contributed by atoms with Gasteiger partial charge in [0.1, 0.15) is 0 Å². The van der Waals surface area contributed by atoms with Gasteiger partial charge >= 0.3 is 0 Å². The van der Waals surface area contributed by atoms with Crippen molar-refractivity contribution in [3.05, 3.63) is 66.0 Å². The van der Waals surface area contributed by atoms with Gasteiger partial charge in [-0.05, 0) is 46.7 Å². The molecule has 2 N–H and O–H groups in total. The number of rotatable bonds is 2. The van der Waals surface area contributed by atoms with E-state index in [-0.39, 0.29) is 0 Å². The number of benzene rings is 2. The molecule has 3 aromatic rings. The van der Waals surface area contributed by atoms with Gasteiger partial charge in [0.25, 0.3) is 0 Å². The van der Waals surface area contributed by atoms with Crippen molar-refractivity contribution in [1.82, 2.24) is 4.98 Å². The SMILES string of the molecule is Cc1ccc(CN)cc1-c1cccc2ccncc12. The Balaban J connectivity index is 2.30. The molecular weight excluding hydrogens is 232 g/mol. The predicted octanol–water partition coefficient (Wildman–Crippen LogP) is 3.67. The maximum absolute atomic E-state index is 5.75. The summed E-state index contributed by atoms with van der Waals surface area (Å²) in [7, 11) is 0. The van der Waals surface area contributed by atoms with Crippen molar-refractivity contribution >= 4 is 10.8 Å². The lowest BCUT2D eigenvalue weighted by Crippen LogP contribution is -1.97. The van der Waals surface area contributed by atoms with Crippen LogP contribution < -0.4 is 5.73 Å². The fourth-order valence-electron chi connectivity index (χ4n) is 2.43. The molecule has 3 rings (SSSR count). The molecule has 0 spiro atoms. The highest BCUT2D eigenvalue weighted by molar-refractivity contribution is 5.96. The summed E-state index contributed by atoms with van der Waals surface area (Å²) in [4.78, 5) is 4.25. The Morgan fingerprint density at radius 2 is 1.95 bits per heavy atom. The van der Waals surface area contributed by atoms with E-state index in [0.29, 0.717) is 6.54 Å². The highest BCUT2D eigenvalue weighted by Gasteiger charge is 2.07. The van der Waals surface area contributed by atoms with E-state index in [4.69, 9.17) is 5.73 Å². The van der Waals surface area contributed by atoms with Crippen LogP contribution in [0, 0.1) is 6.92 Å². The molecule has 1 aromatic heterocycles. The van der Waals surface area contributed by atoms with Gasteiger partial charge in [0, 0.05) is 24.3 Å². The second-order valence-electron chi connectivity index (χ2n) is 4.76. The number of aryl methyl sites for hydroxylation is 1. The van der Waals surface area contributed by atoms with Gasteiger partial charge in [-0.1, -0.05) is 30.3 Å². The molecule has 19 heavy (non-hydrogen) atoms. The third-order valence-electron chi connectivity index (χ3n) is 3.51. The van der Waals surface area contributed by atoms with Crippen LogP contribution in [-0.4, -0.2) is 4.98 Å². The van der Waals surface area contributed by atoms with Gasteiger partial charge in [0.15, 0.2) is 0 Å². The molecule has 2 nitrogen and oxygen atoms in total. The molecule has 0 atom stereocenters. The zero-order chi connectivity index (χ0) is 13.2. The van der Waals surface area contributed by atoms with Crippen LogP contribution in [0.15, 0.2) is 54.9 Å².